The Kier molecular flexibility index (Phi) is 3.73. The molecule has 1 aliphatic rings. The van der Waals surface area contributed by atoms with Crippen molar-refractivity contribution in [2.45, 2.75) is 44.1 Å². The third-order valence-corrected chi connectivity index (χ3v) is 3.24. The van der Waals surface area contributed by atoms with Gasteiger partial charge in [0.1, 0.15) is 12.2 Å². The highest BCUT2D eigenvalue weighted by Gasteiger charge is 2.34. The van der Waals surface area contributed by atoms with Gasteiger partial charge in [0.2, 0.25) is 5.91 Å². The summed E-state index contributed by atoms with van der Waals surface area (Å²) in [4.78, 5) is 15.6. The minimum Gasteiger partial charge on any atom is -0.356 e. The summed E-state index contributed by atoms with van der Waals surface area (Å²) in [6, 6.07) is 0. The van der Waals surface area contributed by atoms with Gasteiger partial charge >= 0.3 is 0 Å². The lowest BCUT2D eigenvalue weighted by Gasteiger charge is -2.37. The first-order valence-corrected chi connectivity index (χ1v) is 6.08. The number of nitrogens with one attached hydrogen (secondary N) is 2. The molecule has 0 saturated heterocycles. The summed E-state index contributed by atoms with van der Waals surface area (Å²) in [5, 5.41) is 9.44. The second kappa shape index (κ2) is 5.27. The number of H-pyrrole nitrogens is 1. The van der Waals surface area contributed by atoms with Crippen LogP contribution in [0.1, 0.15) is 37.9 Å². The van der Waals surface area contributed by atoms with Gasteiger partial charge < -0.3 is 11.1 Å². The SMILES string of the molecule is NC1(CC(=O)NCCCc2ncn[nH]2)CCC1. The molecular weight excluding hydrogens is 218 g/mol. The van der Waals surface area contributed by atoms with E-state index in [2.05, 4.69) is 20.5 Å². The van der Waals surface area contributed by atoms with Crippen LogP contribution in [0.5, 0.6) is 0 Å². The van der Waals surface area contributed by atoms with Crippen molar-refractivity contribution in [2.24, 2.45) is 5.73 Å². The molecule has 0 aliphatic heterocycles. The molecule has 6 nitrogen and oxygen atoms in total. The summed E-state index contributed by atoms with van der Waals surface area (Å²) in [6.45, 7) is 0.662. The highest BCUT2D eigenvalue weighted by Crippen LogP contribution is 2.31. The molecule has 0 aromatic carbocycles. The second-order valence-corrected chi connectivity index (χ2v) is 4.78. The number of rotatable bonds is 6. The van der Waals surface area contributed by atoms with Crippen molar-refractivity contribution < 1.29 is 4.79 Å². The zero-order valence-corrected chi connectivity index (χ0v) is 9.91. The van der Waals surface area contributed by atoms with E-state index in [9.17, 15) is 4.79 Å². The molecule has 94 valence electrons. The van der Waals surface area contributed by atoms with E-state index in [0.717, 1.165) is 37.9 Å². The average molecular weight is 237 g/mol. The van der Waals surface area contributed by atoms with Crippen molar-refractivity contribution in [2.75, 3.05) is 6.54 Å². The van der Waals surface area contributed by atoms with E-state index in [1.165, 1.54) is 6.33 Å². The van der Waals surface area contributed by atoms with E-state index in [1.54, 1.807) is 0 Å². The molecule has 4 N–H and O–H groups in total. The summed E-state index contributed by atoms with van der Waals surface area (Å²) in [7, 11) is 0. The van der Waals surface area contributed by atoms with E-state index in [4.69, 9.17) is 5.73 Å². The van der Waals surface area contributed by atoms with Gasteiger partial charge in [0.25, 0.3) is 0 Å². The van der Waals surface area contributed by atoms with Gasteiger partial charge in [0.05, 0.1) is 0 Å². The minimum atomic E-state index is -0.227. The van der Waals surface area contributed by atoms with E-state index in [0.29, 0.717) is 13.0 Å². The first-order chi connectivity index (χ1) is 8.18. The van der Waals surface area contributed by atoms with Crippen LogP contribution in [0.2, 0.25) is 0 Å². The van der Waals surface area contributed by atoms with E-state index >= 15 is 0 Å². The van der Waals surface area contributed by atoms with Gasteiger partial charge in [-0.3, -0.25) is 9.89 Å². The minimum absolute atomic E-state index is 0.0600. The molecule has 0 atom stereocenters. The predicted octanol–water partition coefficient (Wildman–Crippen LogP) is 0.125. The Labute approximate surface area is 100 Å². The molecular formula is C11H19N5O. The van der Waals surface area contributed by atoms with Gasteiger partial charge in [-0.1, -0.05) is 0 Å². The summed E-state index contributed by atoms with van der Waals surface area (Å²) in [5.74, 6) is 0.915. The van der Waals surface area contributed by atoms with Gasteiger partial charge in [0.15, 0.2) is 0 Å². The molecule has 1 amide bonds. The summed E-state index contributed by atoms with van der Waals surface area (Å²) in [6.07, 6.45) is 6.69. The number of amides is 1. The largest absolute Gasteiger partial charge is 0.356 e. The normalized spacial score (nSPS) is 17.5. The highest BCUT2D eigenvalue weighted by molar-refractivity contribution is 5.77. The molecule has 1 aromatic heterocycles. The Morgan fingerprint density at radius 3 is 3.00 bits per heavy atom. The lowest BCUT2D eigenvalue weighted by Crippen LogP contribution is -2.50. The fraction of sp³-hybridized carbons (Fsp3) is 0.727. The zero-order valence-electron chi connectivity index (χ0n) is 9.91. The topological polar surface area (TPSA) is 96.7 Å². The van der Waals surface area contributed by atoms with Crippen molar-refractivity contribution in [3.63, 3.8) is 0 Å². The standard InChI is InChI=1S/C11H19N5O/c12-11(4-2-5-11)7-10(17)13-6-1-3-9-14-8-15-16-9/h8H,1-7,12H2,(H,13,17)(H,14,15,16). The van der Waals surface area contributed by atoms with Crippen LogP contribution in [-0.4, -0.2) is 33.2 Å². The second-order valence-electron chi connectivity index (χ2n) is 4.78. The van der Waals surface area contributed by atoms with Gasteiger partial charge in [-0.25, -0.2) is 4.98 Å². The van der Waals surface area contributed by atoms with E-state index in [1.807, 2.05) is 0 Å². The average Bonchev–Trinajstić information content (AvgIpc) is 2.75. The summed E-state index contributed by atoms with van der Waals surface area (Å²) >= 11 is 0. The number of carbonyl (C=O) groups is 1. The Bertz CT molecular complexity index is 358. The first-order valence-electron chi connectivity index (χ1n) is 6.08. The highest BCUT2D eigenvalue weighted by atomic mass is 16.1. The number of nitrogens with zero attached hydrogens (tertiary/aromatic N) is 2. The van der Waals surface area contributed by atoms with Crippen molar-refractivity contribution in [3.8, 4) is 0 Å². The Morgan fingerprint density at radius 1 is 1.59 bits per heavy atom. The molecule has 1 heterocycles. The maximum Gasteiger partial charge on any atom is 0.221 e. The summed E-state index contributed by atoms with van der Waals surface area (Å²) < 4.78 is 0. The van der Waals surface area contributed by atoms with Crippen LogP contribution in [-0.2, 0) is 11.2 Å². The molecule has 6 heteroatoms. The smallest absolute Gasteiger partial charge is 0.221 e. The van der Waals surface area contributed by atoms with Crippen molar-refractivity contribution in [3.05, 3.63) is 12.2 Å². The fourth-order valence-electron chi connectivity index (χ4n) is 2.02. The monoisotopic (exact) mass is 237 g/mol. The lowest BCUT2D eigenvalue weighted by molar-refractivity contribution is -0.123. The first kappa shape index (κ1) is 12.0. The Morgan fingerprint density at radius 2 is 2.41 bits per heavy atom. The van der Waals surface area contributed by atoms with Crippen molar-refractivity contribution in [1.29, 1.82) is 0 Å². The molecule has 0 unspecified atom stereocenters. The van der Waals surface area contributed by atoms with Gasteiger partial charge in [-0.05, 0) is 25.7 Å². The van der Waals surface area contributed by atoms with Crippen LogP contribution >= 0.6 is 0 Å². The molecule has 0 spiro atoms. The molecule has 1 aromatic rings. The number of hydrogen-bond donors (Lipinski definition) is 3. The molecule has 1 fully saturated rings. The Hall–Kier alpha value is -1.43. The molecule has 1 aliphatic carbocycles. The van der Waals surface area contributed by atoms with Gasteiger partial charge in [0, 0.05) is 24.9 Å². The molecule has 1 saturated carbocycles. The quantitative estimate of drug-likeness (QED) is 0.612. The van der Waals surface area contributed by atoms with Crippen LogP contribution in [0.25, 0.3) is 0 Å². The third kappa shape index (κ3) is 3.52. The maximum absolute atomic E-state index is 11.6. The van der Waals surface area contributed by atoms with E-state index < -0.39 is 0 Å². The van der Waals surface area contributed by atoms with E-state index in [-0.39, 0.29) is 11.4 Å². The number of aromatic nitrogens is 3. The molecule has 17 heavy (non-hydrogen) atoms. The maximum atomic E-state index is 11.6. The zero-order chi connectivity index (χ0) is 12.1. The predicted molar refractivity (Wildman–Crippen MR) is 63.1 cm³/mol. The lowest BCUT2D eigenvalue weighted by atomic mass is 9.75. The van der Waals surface area contributed by atoms with Gasteiger partial charge in [-0.2, -0.15) is 5.10 Å². The summed E-state index contributed by atoms with van der Waals surface area (Å²) in [5.41, 5.74) is 5.77. The number of aryl methyl sites for hydroxylation is 1. The molecule has 0 radical (unpaired) electrons. The molecule has 0 bridgehead atoms. The fourth-order valence-corrected chi connectivity index (χ4v) is 2.02. The van der Waals surface area contributed by atoms with Gasteiger partial charge in [-0.15, -0.1) is 0 Å². The number of carbonyl (C=O) groups excluding carboxylic acids is 1. The van der Waals surface area contributed by atoms with Crippen molar-refractivity contribution >= 4 is 5.91 Å². The number of nitrogens with two attached hydrogens (primary N) is 1. The number of aromatic amines is 1. The van der Waals surface area contributed by atoms with Crippen molar-refractivity contribution in [1.82, 2.24) is 20.5 Å². The number of hydrogen-bond acceptors (Lipinski definition) is 4. The van der Waals surface area contributed by atoms with Crippen LogP contribution in [0, 0.1) is 0 Å². The van der Waals surface area contributed by atoms with Crippen LogP contribution in [0.4, 0.5) is 0 Å². The van der Waals surface area contributed by atoms with Crippen LogP contribution in [0.15, 0.2) is 6.33 Å². The van der Waals surface area contributed by atoms with Crippen LogP contribution < -0.4 is 11.1 Å². The Balaban J connectivity index is 1.57. The third-order valence-electron chi connectivity index (χ3n) is 3.24. The van der Waals surface area contributed by atoms with Crippen LogP contribution in [0.3, 0.4) is 0 Å². The molecule has 2 rings (SSSR count).